The van der Waals surface area contributed by atoms with Crippen LogP contribution in [0.2, 0.25) is 0 Å². The summed E-state index contributed by atoms with van der Waals surface area (Å²) in [5.41, 5.74) is 2.42. The molecule has 3 aromatic carbocycles. The maximum absolute atomic E-state index is 14.5. The molecule has 4 rings (SSSR count). The molecule has 3 aromatic rings. The first-order chi connectivity index (χ1) is 22.5. The molecular weight excluding hydrogens is 588 g/mol. The Bertz CT molecular complexity index is 1400. The first-order valence-electron chi connectivity index (χ1n) is 16.6. The van der Waals surface area contributed by atoms with Gasteiger partial charge in [0.05, 0.1) is 32.5 Å². The Labute approximate surface area is 281 Å². The lowest BCUT2D eigenvalue weighted by molar-refractivity contribution is -0.145. The van der Waals surface area contributed by atoms with Gasteiger partial charge in [-0.2, -0.15) is 0 Å². The summed E-state index contributed by atoms with van der Waals surface area (Å²) >= 11 is 0. The van der Waals surface area contributed by atoms with Crippen LogP contribution in [0.5, 0.6) is 0 Å². The third kappa shape index (κ3) is 10.9. The highest BCUT2D eigenvalue weighted by molar-refractivity contribution is 5.90. The lowest BCUT2D eigenvalue weighted by atomic mass is 9.81. The molecule has 0 aromatic heterocycles. The van der Waals surface area contributed by atoms with Crippen molar-refractivity contribution >= 4 is 11.8 Å². The molecule has 7 heteroatoms. The molecule has 4 atom stereocenters. The fourth-order valence-electron chi connectivity index (χ4n) is 6.64. The molecule has 1 aliphatic heterocycles. The minimum Gasteiger partial charge on any atom is -0.375 e. The van der Waals surface area contributed by atoms with Gasteiger partial charge in [-0.1, -0.05) is 118 Å². The van der Waals surface area contributed by atoms with Crippen molar-refractivity contribution in [3.05, 3.63) is 120 Å². The van der Waals surface area contributed by atoms with Gasteiger partial charge in [0, 0.05) is 12.0 Å². The highest BCUT2D eigenvalue weighted by Crippen LogP contribution is 2.35. The number of hydrogen-bond donors (Lipinski definition) is 1. The summed E-state index contributed by atoms with van der Waals surface area (Å²) < 4.78 is 19.6. The number of nitrogens with one attached hydrogen (secondary N) is 1. The van der Waals surface area contributed by atoms with Crippen molar-refractivity contribution in [1.82, 2.24) is 10.2 Å². The number of amides is 2. The molecule has 1 saturated heterocycles. The van der Waals surface area contributed by atoms with Gasteiger partial charge in [0.1, 0.15) is 18.2 Å². The molecule has 1 fully saturated rings. The minimum atomic E-state index is -0.929. The topological polar surface area (TPSA) is 77.1 Å². The predicted octanol–water partition coefficient (Wildman–Crippen LogP) is 7.25. The average Bonchev–Trinajstić information content (AvgIpc) is 3.34. The van der Waals surface area contributed by atoms with Gasteiger partial charge >= 0.3 is 0 Å². The number of carbonyl (C=O) groups excluding carboxylic acids is 2. The van der Waals surface area contributed by atoms with Crippen molar-refractivity contribution in [2.24, 2.45) is 5.41 Å². The van der Waals surface area contributed by atoms with E-state index in [1.54, 1.807) is 11.0 Å². The first kappa shape index (κ1) is 36.1. The molecular formula is C40H52N2O5. The second kappa shape index (κ2) is 16.9. The zero-order valence-corrected chi connectivity index (χ0v) is 28.7. The Morgan fingerprint density at radius 1 is 0.766 bits per heavy atom. The van der Waals surface area contributed by atoms with Crippen LogP contribution in [0.3, 0.4) is 0 Å². The number of ether oxygens (including phenoxy) is 3. The Morgan fingerprint density at radius 3 is 1.74 bits per heavy atom. The van der Waals surface area contributed by atoms with E-state index in [2.05, 4.69) is 32.7 Å². The van der Waals surface area contributed by atoms with Crippen LogP contribution in [0.15, 0.2) is 104 Å². The maximum Gasteiger partial charge on any atom is 0.246 e. The van der Waals surface area contributed by atoms with Crippen LogP contribution in [-0.2, 0) is 43.6 Å². The lowest BCUT2D eigenvalue weighted by Crippen LogP contribution is -2.57. The fraction of sp³-hybridized carbons (Fsp3) is 0.450. The molecule has 1 N–H and O–H groups in total. The summed E-state index contributed by atoms with van der Waals surface area (Å²) in [6.07, 6.45) is 1.79. The summed E-state index contributed by atoms with van der Waals surface area (Å²) in [5.74, 6) is -0.422. The summed E-state index contributed by atoms with van der Waals surface area (Å²) in [4.78, 5) is 30.3. The van der Waals surface area contributed by atoms with Crippen molar-refractivity contribution in [2.75, 3.05) is 6.61 Å². The molecule has 7 nitrogen and oxygen atoms in total. The van der Waals surface area contributed by atoms with E-state index in [0.29, 0.717) is 19.6 Å². The van der Waals surface area contributed by atoms with Crippen molar-refractivity contribution in [3.63, 3.8) is 0 Å². The number of hydrogen-bond acceptors (Lipinski definition) is 5. The molecule has 0 aliphatic carbocycles. The van der Waals surface area contributed by atoms with Gasteiger partial charge < -0.3 is 24.4 Å². The van der Waals surface area contributed by atoms with Gasteiger partial charge in [-0.15, -0.1) is 6.58 Å². The van der Waals surface area contributed by atoms with Crippen LogP contribution in [0, 0.1) is 5.41 Å². The Kier molecular flexibility index (Phi) is 12.9. The van der Waals surface area contributed by atoms with Gasteiger partial charge in [-0.05, 0) is 48.8 Å². The van der Waals surface area contributed by atoms with Gasteiger partial charge in [0.2, 0.25) is 11.8 Å². The SMILES string of the molecule is C=CCCC(=O)N1[C@@H](COCc2ccccc2)[C@H](OCc2ccccc2)[C@@H](OCc2ccccc2)[C@@H]1C(=O)NC(C)(C)CC(C)(C)C. The van der Waals surface area contributed by atoms with Gasteiger partial charge in [0.25, 0.3) is 0 Å². The van der Waals surface area contributed by atoms with Crippen molar-refractivity contribution in [2.45, 2.75) is 104 Å². The summed E-state index contributed by atoms with van der Waals surface area (Å²) in [6.45, 7) is 15.4. The predicted molar refractivity (Wildman–Crippen MR) is 186 cm³/mol. The van der Waals surface area contributed by atoms with E-state index in [1.807, 2.05) is 105 Å². The van der Waals surface area contributed by atoms with E-state index in [-0.39, 0.29) is 36.9 Å². The van der Waals surface area contributed by atoms with E-state index >= 15 is 0 Å². The normalized spacial score (nSPS) is 19.8. The van der Waals surface area contributed by atoms with E-state index in [1.165, 1.54) is 0 Å². The summed E-state index contributed by atoms with van der Waals surface area (Å²) in [6, 6.07) is 28.2. The molecule has 0 saturated carbocycles. The largest absolute Gasteiger partial charge is 0.375 e. The molecule has 252 valence electrons. The second-order valence-electron chi connectivity index (χ2n) is 14.3. The molecule has 2 amide bonds. The summed E-state index contributed by atoms with van der Waals surface area (Å²) in [7, 11) is 0. The highest BCUT2D eigenvalue weighted by Gasteiger charge is 2.56. The van der Waals surface area contributed by atoms with Gasteiger partial charge in [-0.3, -0.25) is 9.59 Å². The monoisotopic (exact) mass is 640 g/mol. The van der Waals surface area contributed by atoms with Crippen molar-refractivity contribution in [3.8, 4) is 0 Å². The number of allylic oxidation sites excluding steroid dienone is 1. The Balaban J connectivity index is 1.73. The highest BCUT2D eigenvalue weighted by atomic mass is 16.5. The number of likely N-dealkylation sites (tertiary alicyclic amines) is 1. The van der Waals surface area contributed by atoms with Crippen LogP contribution in [0.25, 0.3) is 0 Å². The third-order valence-electron chi connectivity index (χ3n) is 8.19. The molecule has 0 radical (unpaired) electrons. The van der Waals surface area contributed by atoms with Crippen LogP contribution >= 0.6 is 0 Å². The number of carbonyl (C=O) groups is 2. The first-order valence-corrected chi connectivity index (χ1v) is 16.6. The molecule has 0 bridgehead atoms. The zero-order valence-electron chi connectivity index (χ0n) is 28.7. The van der Waals surface area contributed by atoms with Gasteiger partial charge in [0.15, 0.2) is 0 Å². The van der Waals surface area contributed by atoms with Crippen LogP contribution < -0.4 is 5.32 Å². The zero-order chi connectivity index (χ0) is 33.9. The number of benzene rings is 3. The smallest absolute Gasteiger partial charge is 0.246 e. The molecule has 47 heavy (non-hydrogen) atoms. The quantitative estimate of drug-likeness (QED) is 0.167. The standard InChI is InChI=1S/C40H52N2O5/c1-7-8-24-34(43)42-33(28-45-25-30-18-12-9-13-19-30)36(46-26-31-20-14-10-15-21-31)37(47-27-32-22-16-11-17-23-32)35(42)38(44)41-40(5,6)29-39(2,3)4/h7,9-23,33,35-37H,1,8,24-29H2,2-6H3,(H,41,44)/t33-,35+,36-,37-/m0/s1. The Hall–Kier alpha value is -3.78. The minimum absolute atomic E-state index is 0.0235. The van der Waals surface area contributed by atoms with Crippen LogP contribution in [0.1, 0.15) is 70.6 Å². The van der Waals surface area contributed by atoms with Crippen LogP contribution in [0.4, 0.5) is 0 Å². The Morgan fingerprint density at radius 2 is 1.26 bits per heavy atom. The molecule has 0 spiro atoms. The molecule has 1 aliphatic rings. The number of rotatable bonds is 16. The van der Waals surface area contributed by atoms with E-state index < -0.39 is 29.8 Å². The van der Waals surface area contributed by atoms with E-state index in [4.69, 9.17) is 14.2 Å². The molecule has 0 unspecified atom stereocenters. The van der Waals surface area contributed by atoms with Crippen molar-refractivity contribution < 1.29 is 23.8 Å². The van der Waals surface area contributed by atoms with Gasteiger partial charge in [-0.25, -0.2) is 0 Å². The lowest BCUT2D eigenvalue weighted by Gasteiger charge is -2.36. The van der Waals surface area contributed by atoms with Crippen molar-refractivity contribution in [1.29, 1.82) is 0 Å². The summed E-state index contributed by atoms with van der Waals surface area (Å²) in [5, 5.41) is 3.29. The third-order valence-corrected chi connectivity index (χ3v) is 8.19. The van der Waals surface area contributed by atoms with E-state index in [9.17, 15) is 9.59 Å². The average molecular weight is 641 g/mol. The second-order valence-corrected chi connectivity index (χ2v) is 14.3. The fourth-order valence-corrected chi connectivity index (χ4v) is 6.64. The van der Waals surface area contributed by atoms with E-state index in [0.717, 1.165) is 23.1 Å². The van der Waals surface area contributed by atoms with Crippen LogP contribution in [-0.4, -0.2) is 53.2 Å². The number of nitrogens with zero attached hydrogens (tertiary/aromatic N) is 1. The maximum atomic E-state index is 14.5. The molecule has 1 heterocycles.